The lowest BCUT2D eigenvalue weighted by molar-refractivity contribution is 0.576. The molecule has 1 unspecified atom stereocenters. The van der Waals surface area contributed by atoms with Gasteiger partial charge in [-0.2, -0.15) is 0 Å². The van der Waals surface area contributed by atoms with Crippen molar-refractivity contribution in [1.29, 1.82) is 0 Å². The van der Waals surface area contributed by atoms with Crippen LogP contribution in [0.4, 0.5) is 0 Å². The van der Waals surface area contributed by atoms with Crippen LogP contribution in [0.5, 0.6) is 0 Å². The van der Waals surface area contributed by atoms with E-state index in [-0.39, 0.29) is 0 Å². The Kier molecular flexibility index (Phi) is 6.28. The van der Waals surface area contributed by atoms with Gasteiger partial charge in [0.1, 0.15) is 0 Å². The number of hydrogen-bond acceptors (Lipinski definition) is 1. The van der Waals surface area contributed by atoms with Gasteiger partial charge in [0.25, 0.3) is 0 Å². The molecule has 0 heterocycles. The quantitative estimate of drug-likeness (QED) is 0.712. The minimum atomic E-state index is 0.481. The molecule has 1 nitrogen and oxygen atoms in total. The van der Waals surface area contributed by atoms with Crippen molar-refractivity contribution in [2.75, 3.05) is 13.1 Å². The first-order valence-corrected chi connectivity index (χ1v) is 8.08. The van der Waals surface area contributed by atoms with Crippen molar-refractivity contribution in [3.8, 4) is 0 Å². The monoisotopic (exact) mass is 301 g/mol. The molecule has 1 atom stereocenters. The first kappa shape index (κ1) is 16.1. The zero-order chi connectivity index (χ0) is 15.1. The number of benzene rings is 2. The molecule has 1 N–H and O–H groups in total. The van der Waals surface area contributed by atoms with E-state index in [1.165, 1.54) is 16.7 Å². The third-order valence-electron chi connectivity index (χ3n) is 3.70. The molecule has 0 spiro atoms. The number of aryl methyl sites for hydroxylation is 1. The predicted octanol–water partition coefficient (Wildman–Crippen LogP) is 4.97. The van der Waals surface area contributed by atoms with Gasteiger partial charge in [0.2, 0.25) is 0 Å². The summed E-state index contributed by atoms with van der Waals surface area (Å²) in [5, 5.41) is 4.37. The Labute approximate surface area is 133 Å². The van der Waals surface area contributed by atoms with Gasteiger partial charge in [0.05, 0.1) is 0 Å². The Morgan fingerprint density at radius 3 is 2.62 bits per heavy atom. The van der Waals surface area contributed by atoms with E-state index in [1.807, 2.05) is 12.1 Å². The maximum atomic E-state index is 6.11. The second-order valence-corrected chi connectivity index (χ2v) is 6.09. The fourth-order valence-corrected chi connectivity index (χ4v) is 2.85. The first-order valence-electron chi connectivity index (χ1n) is 7.70. The molecule has 0 radical (unpaired) electrons. The lowest BCUT2D eigenvalue weighted by Gasteiger charge is -2.19. The summed E-state index contributed by atoms with van der Waals surface area (Å²) in [6.45, 7) is 6.42. The van der Waals surface area contributed by atoms with Crippen molar-refractivity contribution in [2.24, 2.45) is 0 Å². The molecule has 0 bridgehead atoms. The number of nitrogens with one attached hydrogen (secondary N) is 1. The zero-order valence-electron chi connectivity index (χ0n) is 12.9. The largest absolute Gasteiger partial charge is 0.316 e. The van der Waals surface area contributed by atoms with Crippen molar-refractivity contribution in [3.63, 3.8) is 0 Å². The average molecular weight is 302 g/mol. The van der Waals surface area contributed by atoms with Crippen LogP contribution in [0.1, 0.15) is 36.0 Å². The lowest BCUT2D eigenvalue weighted by Crippen LogP contribution is -2.23. The zero-order valence-corrected chi connectivity index (χ0v) is 13.7. The summed E-state index contributed by atoms with van der Waals surface area (Å²) in [7, 11) is 0. The highest BCUT2D eigenvalue weighted by atomic mass is 35.5. The van der Waals surface area contributed by atoms with Gasteiger partial charge in [0, 0.05) is 17.5 Å². The van der Waals surface area contributed by atoms with Crippen molar-refractivity contribution in [3.05, 3.63) is 70.2 Å². The fourth-order valence-electron chi connectivity index (χ4n) is 2.63. The molecule has 112 valence electrons. The molecule has 2 aromatic rings. The molecule has 2 aromatic carbocycles. The van der Waals surface area contributed by atoms with E-state index in [4.69, 9.17) is 11.6 Å². The number of halogens is 1. The van der Waals surface area contributed by atoms with Gasteiger partial charge in [-0.1, -0.05) is 60.5 Å². The Hall–Kier alpha value is -1.31. The van der Waals surface area contributed by atoms with Gasteiger partial charge in [-0.3, -0.25) is 0 Å². The SMILES string of the molecule is CCCNCC(Cc1cccc(Cl)c1)c1cccc(C)c1. The molecule has 0 aliphatic rings. The van der Waals surface area contributed by atoms with Crippen LogP contribution in [-0.2, 0) is 6.42 Å². The third-order valence-corrected chi connectivity index (χ3v) is 3.94. The Morgan fingerprint density at radius 1 is 1.10 bits per heavy atom. The topological polar surface area (TPSA) is 12.0 Å². The van der Waals surface area contributed by atoms with Gasteiger partial charge in [0.15, 0.2) is 0 Å². The summed E-state index contributed by atoms with van der Waals surface area (Å²) in [6.07, 6.45) is 2.18. The fraction of sp³-hybridized carbons (Fsp3) is 0.368. The molecule has 2 rings (SSSR count). The predicted molar refractivity (Wildman–Crippen MR) is 92.2 cm³/mol. The average Bonchev–Trinajstić information content (AvgIpc) is 2.46. The second-order valence-electron chi connectivity index (χ2n) is 5.65. The molecule has 21 heavy (non-hydrogen) atoms. The van der Waals surface area contributed by atoms with Crippen LogP contribution in [0.25, 0.3) is 0 Å². The highest BCUT2D eigenvalue weighted by molar-refractivity contribution is 6.30. The maximum Gasteiger partial charge on any atom is 0.0408 e. The first-order chi connectivity index (χ1) is 10.2. The smallest absolute Gasteiger partial charge is 0.0408 e. The standard InChI is InChI=1S/C19H24ClN/c1-3-10-21-14-18(17-8-4-6-15(2)11-17)12-16-7-5-9-19(20)13-16/h4-9,11,13,18,21H,3,10,12,14H2,1-2H3. The minimum absolute atomic E-state index is 0.481. The van der Waals surface area contributed by atoms with Crippen LogP contribution < -0.4 is 5.32 Å². The number of hydrogen-bond donors (Lipinski definition) is 1. The van der Waals surface area contributed by atoms with E-state index >= 15 is 0 Å². The van der Waals surface area contributed by atoms with Crippen molar-refractivity contribution < 1.29 is 0 Å². The third kappa shape index (κ3) is 5.18. The maximum absolute atomic E-state index is 6.11. The van der Waals surface area contributed by atoms with Crippen LogP contribution >= 0.6 is 11.6 Å². The van der Waals surface area contributed by atoms with Gasteiger partial charge in [-0.25, -0.2) is 0 Å². The highest BCUT2D eigenvalue weighted by Gasteiger charge is 2.12. The highest BCUT2D eigenvalue weighted by Crippen LogP contribution is 2.23. The lowest BCUT2D eigenvalue weighted by atomic mass is 9.91. The summed E-state index contributed by atoms with van der Waals surface area (Å²) >= 11 is 6.11. The molecular formula is C19H24ClN. The van der Waals surface area contributed by atoms with Gasteiger partial charge >= 0.3 is 0 Å². The molecule has 0 amide bonds. The molecular weight excluding hydrogens is 278 g/mol. The summed E-state index contributed by atoms with van der Waals surface area (Å²) in [5.74, 6) is 0.481. The van der Waals surface area contributed by atoms with E-state index in [0.717, 1.165) is 31.0 Å². The van der Waals surface area contributed by atoms with E-state index in [2.05, 4.69) is 55.6 Å². The summed E-state index contributed by atoms with van der Waals surface area (Å²) in [6, 6.07) is 17.0. The van der Waals surface area contributed by atoms with Crippen molar-refractivity contribution in [1.82, 2.24) is 5.32 Å². The summed E-state index contributed by atoms with van der Waals surface area (Å²) < 4.78 is 0. The van der Waals surface area contributed by atoms with Gasteiger partial charge < -0.3 is 5.32 Å². The van der Waals surface area contributed by atoms with Crippen LogP contribution in [-0.4, -0.2) is 13.1 Å². The Bertz CT molecular complexity index is 565. The van der Waals surface area contributed by atoms with Crippen LogP contribution in [0, 0.1) is 6.92 Å². The Morgan fingerprint density at radius 2 is 1.90 bits per heavy atom. The van der Waals surface area contributed by atoms with Crippen molar-refractivity contribution in [2.45, 2.75) is 32.6 Å². The summed E-state index contributed by atoms with van der Waals surface area (Å²) in [4.78, 5) is 0. The van der Waals surface area contributed by atoms with Crippen LogP contribution in [0.3, 0.4) is 0 Å². The van der Waals surface area contributed by atoms with E-state index < -0.39 is 0 Å². The second kappa shape index (κ2) is 8.21. The molecule has 0 saturated carbocycles. The van der Waals surface area contributed by atoms with E-state index in [9.17, 15) is 0 Å². The molecule has 0 aromatic heterocycles. The van der Waals surface area contributed by atoms with Crippen LogP contribution in [0.15, 0.2) is 48.5 Å². The van der Waals surface area contributed by atoms with E-state index in [0.29, 0.717) is 5.92 Å². The molecule has 0 fully saturated rings. The summed E-state index contributed by atoms with van der Waals surface area (Å²) in [5.41, 5.74) is 4.02. The normalized spacial score (nSPS) is 12.3. The van der Waals surface area contributed by atoms with Crippen molar-refractivity contribution >= 4 is 11.6 Å². The van der Waals surface area contributed by atoms with Gasteiger partial charge in [-0.05, 0) is 49.6 Å². The number of rotatable bonds is 7. The van der Waals surface area contributed by atoms with Gasteiger partial charge in [-0.15, -0.1) is 0 Å². The molecule has 2 heteroatoms. The van der Waals surface area contributed by atoms with Crippen LogP contribution in [0.2, 0.25) is 5.02 Å². The minimum Gasteiger partial charge on any atom is -0.316 e. The molecule has 0 saturated heterocycles. The Balaban J connectivity index is 2.15. The van der Waals surface area contributed by atoms with E-state index in [1.54, 1.807) is 0 Å². The molecule has 0 aliphatic heterocycles. The molecule has 0 aliphatic carbocycles.